The average Bonchev–Trinajstić information content (AvgIpc) is 2.87. The Morgan fingerprint density at radius 3 is 2.25 bits per heavy atom. The van der Waals surface area contributed by atoms with E-state index >= 15 is 0 Å². The van der Waals surface area contributed by atoms with Crippen LogP contribution in [0, 0.1) is 0 Å². The number of nitrogens with one attached hydrogen (secondary N) is 1. The number of anilines is 1. The van der Waals surface area contributed by atoms with E-state index in [1.54, 1.807) is 36.4 Å². The molecule has 0 saturated carbocycles. The number of hydrogen-bond acceptors (Lipinski definition) is 7. The first-order chi connectivity index (χ1) is 17.3. The minimum atomic E-state index is -0.940. The summed E-state index contributed by atoms with van der Waals surface area (Å²) in [6.45, 7) is 1.96. The molecule has 1 amide bonds. The second kappa shape index (κ2) is 10.4. The number of phenolic OH excluding ortho intramolecular Hbond substituents is 2. The Balaban J connectivity index is 1.65. The first-order valence-electron chi connectivity index (χ1n) is 11.6. The highest BCUT2D eigenvalue weighted by Crippen LogP contribution is 2.43. The number of ether oxygens (including phenoxy) is 1. The average molecular weight is 488 g/mol. The number of esters is 1. The Hall–Kier alpha value is -4.46. The van der Waals surface area contributed by atoms with Crippen molar-refractivity contribution in [3.63, 3.8) is 0 Å². The molecule has 1 aliphatic rings. The van der Waals surface area contributed by atoms with Crippen LogP contribution in [0.5, 0.6) is 11.5 Å². The number of aromatic hydroxyl groups is 2. The molecule has 4 rings (SSSR count). The van der Waals surface area contributed by atoms with E-state index in [9.17, 15) is 29.4 Å². The van der Waals surface area contributed by atoms with Gasteiger partial charge in [0.05, 0.1) is 17.5 Å². The molecule has 0 spiro atoms. The number of benzene rings is 3. The molecule has 1 unspecified atom stereocenters. The molecular weight excluding hydrogens is 462 g/mol. The van der Waals surface area contributed by atoms with Crippen molar-refractivity contribution in [1.29, 1.82) is 0 Å². The highest BCUT2D eigenvalue weighted by molar-refractivity contribution is 6.30. The largest absolute Gasteiger partial charge is 0.507 e. The normalized spacial score (nSPS) is 12.9. The minimum absolute atomic E-state index is 0.0630. The molecule has 0 fully saturated rings. The van der Waals surface area contributed by atoms with Crippen molar-refractivity contribution in [2.24, 2.45) is 0 Å². The molecule has 0 aromatic heterocycles. The molecule has 1 atom stereocenters. The minimum Gasteiger partial charge on any atom is -0.507 e. The van der Waals surface area contributed by atoms with Gasteiger partial charge in [-0.05, 0) is 36.6 Å². The lowest BCUT2D eigenvalue weighted by molar-refractivity contribution is -0.149. The summed E-state index contributed by atoms with van der Waals surface area (Å²) in [6.07, 6.45) is 1.32. The highest BCUT2D eigenvalue weighted by Gasteiger charge is 2.37. The van der Waals surface area contributed by atoms with E-state index in [1.165, 1.54) is 18.2 Å². The van der Waals surface area contributed by atoms with Crippen molar-refractivity contribution in [2.75, 3.05) is 5.32 Å². The fourth-order valence-electron chi connectivity index (χ4n) is 4.34. The molecule has 36 heavy (non-hydrogen) atoms. The highest BCUT2D eigenvalue weighted by atomic mass is 16.5. The van der Waals surface area contributed by atoms with Crippen LogP contribution in [0.3, 0.4) is 0 Å². The van der Waals surface area contributed by atoms with E-state index in [-0.39, 0.29) is 34.2 Å². The Labute approximate surface area is 207 Å². The smallest absolute Gasteiger partial charge is 0.310 e. The van der Waals surface area contributed by atoms with Crippen LogP contribution in [-0.4, -0.2) is 34.2 Å². The second-order valence-electron chi connectivity index (χ2n) is 8.54. The lowest BCUT2D eigenvalue weighted by Gasteiger charge is -2.24. The molecule has 0 heterocycles. The van der Waals surface area contributed by atoms with Crippen LogP contribution in [0.4, 0.5) is 5.69 Å². The first kappa shape index (κ1) is 24.7. The summed E-state index contributed by atoms with van der Waals surface area (Å²) in [4.78, 5) is 49.5. The van der Waals surface area contributed by atoms with Crippen LogP contribution < -0.4 is 5.32 Å². The van der Waals surface area contributed by atoms with Crippen LogP contribution in [0.25, 0.3) is 0 Å². The number of carbonyl (C=O) groups is 4. The second-order valence-corrected chi connectivity index (χ2v) is 8.54. The van der Waals surface area contributed by atoms with Crippen LogP contribution in [0.2, 0.25) is 0 Å². The van der Waals surface area contributed by atoms with Crippen molar-refractivity contribution in [2.45, 2.75) is 38.7 Å². The van der Waals surface area contributed by atoms with Crippen molar-refractivity contribution < 1.29 is 34.1 Å². The summed E-state index contributed by atoms with van der Waals surface area (Å²) in [6, 6.07) is 14.1. The van der Waals surface area contributed by atoms with Gasteiger partial charge in [-0.2, -0.15) is 0 Å². The van der Waals surface area contributed by atoms with Crippen molar-refractivity contribution in [3.8, 4) is 11.5 Å². The van der Waals surface area contributed by atoms with Crippen molar-refractivity contribution >= 4 is 29.6 Å². The molecule has 3 N–H and O–H groups in total. The maximum Gasteiger partial charge on any atom is 0.310 e. The fraction of sp³-hybridized carbons (Fsp3) is 0.214. The number of rotatable bonds is 9. The number of fused-ring (bicyclic) bond motifs is 2. The Morgan fingerprint density at radius 2 is 1.64 bits per heavy atom. The Bertz CT molecular complexity index is 1340. The molecule has 0 bridgehead atoms. The lowest BCUT2D eigenvalue weighted by Crippen LogP contribution is -2.22. The van der Waals surface area contributed by atoms with Crippen LogP contribution in [0.1, 0.15) is 75.3 Å². The van der Waals surface area contributed by atoms with E-state index in [4.69, 9.17) is 4.74 Å². The van der Waals surface area contributed by atoms with E-state index in [0.717, 1.165) is 6.42 Å². The maximum absolute atomic E-state index is 13.2. The molecule has 184 valence electrons. The number of carbonyl (C=O) groups excluding carboxylic acids is 4. The molecule has 0 aliphatic heterocycles. The van der Waals surface area contributed by atoms with Gasteiger partial charge in [0.25, 0.3) is 0 Å². The maximum atomic E-state index is 13.2. The van der Waals surface area contributed by atoms with Crippen molar-refractivity contribution in [1.82, 2.24) is 0 Å². The zero-order chi connectivity index (χ0) is 25.8. The molecule has 3 aromatic rings. The summed E-state index contributed by atoms with van der Waals surface area (Å²) in [5, 5.41) is 24.4. The third-order valence-electron chi connectivity index (χ3n) is 6.15. The van der Waals surface area contributed by atoms with Crippen molar-refractivity contribution in [3.05, 3.63) is 88.0 Å². The summed E-state index contributed by atoms with van der Waals surface area (Å²) in [7, 11) is 0. The molecule has 1 aliphatic carbocycles. The number of unbranched alkanes of at least 4 members (excludes halogenated alkanes) is 1. The van der Waals surface area contributed by atoms with Gasteiger partial charge in [0.1, 0.15) is 17.6 Å². The van der Waals surface area contributed by atoms with Gasteiger partial charge in [0.15, 0.2) is 11.6 Å². The third-order valence-corrected chi connectivity index (χ3v) is 6.15. The fourth-order valence-corrected chi connectivity index (χ4v) is 4.34. The molecule has 3 aromatic carbocycles. The number of hydrogen-bond donors (Lipinski definition) is 3. The number of phenols is 2. The van der Waals surface area contributed by atoms with Crippen LogP contribution in [0.15, 0.2) is 54.6 Å². The van der Waals surface area contributed by atoms with E-state index in [0.29, 0.717) is 30.5 Å². The van der Waals surface area contributed by atoms with Gasteiger partial charge in [-0.1, -0.05) is 49.7 Å². The molecular formula is C28H25NO7. The van der Waals surface area contributed by atoms with E-state index in [2.05, 4.69) is 5.32 Å². The van der Waals surface area contributed by atoms with Gasteiger partial charge in [-0.3, -0.25) is 19.2 Å². The van der Waals surface area contributed by atoms with Gasteiger partial charge < -0.3 is 20.3 Å². The van der Waals surface area contributed by atoms with E-state index in [1.807, 2.05) is 6.92 Å². The van der Waals surface area contributed by atoms with Crippen LogP contribution in [-0.2, 0) is 20.7 Å². The molecule has 0 radical (unpaired) electrons. The quantitative estimate of drug-likeness (QED) is 0.181. The first-order valence-corrected chi connectivity index (χ1v) is 11.6. The summed E-state index contributed by atoms with van der Waals surface area (Å²) < 4.78 is 5.70. The molecule has 8 nitrogen and oxygen atoms in total. The van der Waals surface area contributed by atoms with Gasteiger partial charge in [-0.25, -0.2) is 0 Å². The Morgan fingerprint density at radius 1 is 1.00 bits per heavy atom. The zero-order valence-corrected chi connectivity index (χ0v) is 19.6. The van der Waals surface area contributed by atoms with Gasteiger partial charge in [0, 0.05) is 22.4 Å². The Kier molecular flexibility index (Phi) is 7.15. The number of ketones is 2. The summed E-state index contributed by atoms with van der Waals surface area (Å²) >= 11 is 0. The predicted octanol–water partition coefficient (Wildman–Crippen LogP) is 4.46. The predicted molar refractivity (Wildman–Crippen MR) is 131 cm³/mol. The topological polar surface area (TPSA) is 130 Å². The monoisotopic (exact) mass is 487 g/mol. The molecule has 8 heteroatoms. The zero-order valence-electron chi connectivity index (χ0n) is 19.6. The third kappa shape index (κ3) is 4.70. The SMILES string of the molecule is CCCCC(OC(=O)Cc1ccc(NC=O)cc1)c1cc(O)c2c(c1O)C(=O)c1ccccc1C2=O. The van der Waals surface area contributed by atoms with Gasteiger partial charge in [-0.15, -0.1) is 0 Å². The lowest BCUT2D eigenvalue weighted by atomic mass is 9.81. The molecule has 0 saturated heterocycles. The number of amides is 1. The summed E-state index contributed by atoms with van der Waals surface area (Å²) in [5.41, 5.74) is 1.05. The summed E-state index contributed by atoms with van der Waals surface area (Å²) in [5.74, 6) is -2.65. The van der Waals surface area contributed by atoms with Gasteiger partial charge in [0.2, 0.25) is 6.41 Å². The standard InChI is InChI=1S/C28H25NO7/c1-2-3-8-22(36-23(32)13-16-9-11-17(12-10-16)29-15-30)20-14-21(31)24-25(28(20)35)27(34)19-7-5-4-6-18(19)26(24)33/h4-7,9-12,14-15,22,31,35H,2-3,8,13H2,1H3,(H,29,30). The van der Waals surface area contributed by atoms with E-state index < -0.39 is 35.1 Å². The van der Waals surface area contributed by atoms with Crippen LogP contribution >= 0.6 is 0 Å². The van der Waals surface area contributed by atoms with Gasteiger partial charge >= 0.3 is 5.97 Å².